The molecule has 0 radical (unpaired) electrons. The van der Waals surface area contributed by atoms with Crippen LogP contribution >= 0.6 is 0 Å². The average Bonchev–Trinajstić information content (AvgIpc) is 2.60. The van der Waals surface area contributed by atoms with Crippen molar-refractivity contribution in [3.63, 3.8) is 0 Å². The monoisotopic (exact) mass is 219 g/mol. The predicted molar refractivity (Wildman–Crippen MR) is 61.2 cm³/mol. The lowest BCUT2D eigenvalue weighted by molar-refractivity contribution is 0.230. The van der Waals surface area contributed by atoms with Crippen molar-refractivity contribution in [1.29, 1.82) is 0 Å². The minimum Gasteiger partial charge on any atom is -0.331 e. The summed E-state index contributed by atoms with van der Waals surface area (Å²) in [6, 6.07) is 5.33. The van der Waals surface area contributed by atoms with Gasteiger partial charge in [0.05, 0.1) is 5.52 Å². The molecule has 16 heavy (non-hydrogen) atoms. The van der Waals surface area contributed by atoms with Crippen molar-refractivity contribution < 1.29 is 4.79 Å². The molecule has 0 fully saturated rings. The van der Waals surface area contributed by atoms with Crippen LogP contribution in [-0.4, -0.2) is 40.0 Å². The Kier molecular flexibility index (Phi) is 2.47. The summed E-state index contributed by atoms with van der Waals surface area (Å²) in [5.41, 5.74) is 2.41. The lowest BCUT2D eigenvalue weighted by Crippen LogP contribution is -2.27. The molecule has 0 saturated heterocycles. The molecule has 0 aliphatic carbocycles. The minimum absolute atomic E-state index is 0.164. The van der Waals surface area contributed by atoms with Gasteiger partial charge in [-0.05, 0) is 18.2 Å². The van der Waals surface area contributed by atoms with Crippen molar-refractivity contribution >= 4 is 22.8 Å². The Bertz CT molecular complexity index is 531. The second-order valence-electron chi connectivity index (χ2n) is 3.74. The summed E-state index contributed by atoms with van der Waals surface area (Å²) in [5.74, 6) is 0. The molecule has 2 rings (SSSR count). The maximum Gasteiger partial charge on any atom is 0.321 e. The van der Waals surface area contributed by atoms with Crippen LogP contribution in [-0.2, 0) is 7.05 Å². The van der Waals surface area contributed by atoms with E-state index in [4.69, 9.17) is 0 Å². The van der Waals surface area contributed by atoms with Gasteiger partial charge in [-0.1, -0.05) is 5.21 Å². The number of carbonyl (C=O) groups excluding carboxylic acids is 1. The van der Waals surface area contributed by atoms with Crippen LogP contribution in [0.15, 0.2) is 18.2 Å². The second-order valence-corrected chi connectivity index (χ2v) is 3.74. The van der Waals surface area contributed by atoms with E-state index in [-0.39, 0.29) is 6.03 Å². The Hall–Kier alpha value is -2.11. The highest BCUT2D eigenvalue weighted by Crippen LogP contribution is 2.16. The number of rotatable bonds is 1. The topological polar surface area (TPSA) is 63.1 Å². The van der Waals surface area contributed by atoms with Crippen LogP contribution in [0.5, 0.6) is 0 Å². The van der Waals surface area contributed by atoms with Crippen molar-refractivity contribution in [3.8, 4) is 0 Å². The molecule has 0 bridgehead atoms. The van der Waals surface area contributed by atoms with E-state index >= 15 is 0 Å². The molecule has 0 aliphatic rings. The van der Waals surface area contributed by atoms with Crippen LogP contribution in [0, 0.1) is 0 Å². The molecule has 1 heterocycles. The Morgan fingerprint density at radius 1 is 1.44 bits per heavy atom. The molecule has 0 aliphatic heterocycles. The number of benzene rings is 1. The normalized spacial score (nSPS) is 10.4. The summed E-state index contributed by atoms with van der Waals surface area (Å²) in [6.07, 6.45) is 0. The van der Waals surface area contributed by atoms with Crippen LogP contribution in [0.3, 0.4) is 0 Å². The van der Waals surface area contributed by atoms with Crippen LogP contribution in [0.2, 0.25) is 0 Å². The fraction of sp³-hybridized carbons (Fsp3) is 0.300. The van der Waals surface area contributed by atoms with E-state index in [9.17, 15) is 4.79 Å². The van der Waals surface area contributed by atoms with Gasteiger partial charge in [-0.2, -0.15) is 0 Å². The van der Waals surface area contributed by atoms with Crippen molar-refractivity contribution in [1.82, 2.24) is 19.9 Å². The summed E-state index contributed by atoms with van der Waals surface area (Å²) in [4.78, 5) is 12.9. The van der Waals surface area contributed by atoms with Gasteiger partial charge >= 0.3 is 6.03 Å². The second kappa shape index (κ2) is 3.80. The van der Waals surface area contributed by atoms with Gasteiger partial charge in [-0.25, -0.2) is 9.48 Å². The van der Waals surface area contributed by atoms with E-state index < -0.39 is 0 Å². The van der Waals surface area contributed by atoms with Crippen LogP contribution in [0.4, 0.5) is 10.5 Å². The van der Waals surface area contributed by atoms with E-state index in [2.05, 4.69) is 15.6 Å². The molecule has 6 heteroatoms. The number of aromatic nitrogens is 3. The fourth-order valence-electron chi connectivity index (χ4n) is 1.35. The molecule has 1 N–H and O–H groups in total. The Morgan fingerprint density at radius 2 is 2.19 bits per heavy atom. The Balaban J connectivity index is 2.30. The Morgan fingerprint density at radius 3 is 2.88 bits per heavy atom. The maximum absolute atomic E-state index is 11.4. The number of nitrogens with one attached hydrogen (secondary N) is 1. The molecule has 1 aromatic heterocycles. The van der Waals surface area contributed by atoms with Crippen molar-refractivity contribution in [2.24, 2.45) is 7.05 Å². The van der Waals surface area contributed by atoms with Gasteiger partial charge in [0.1, 0.15) is 5.52 Å². The molecule has 2 aromatic rings. The predicted octanol–water partition coefficient (Wildman–Crippen LogP) is 1.06. The van der Waals surface area contributed by atoms with E-state index in [1.165, 1.54) is 4.90 Å². The third-order valence-electron chi connectivity index (χ3n) is 2.27. The fourth-order valence-corrected chi connectivity index (χ4v) is 1.35. The molecule has 1 aromatic carbocycles. The van der Waals surface area contributed by atoms with Crippen LogP contribution in [0.25, 0.3) is 11.0 Å². The zero-order chi connectivity index (χ0) is 11.7. The number of hydrogen-bond donors (Lipinski definition) is 1. The lowest BCUT2D eigenvalue weighted by Gasteiger charge is -2.11. The number of hydrogen-bond acceptors (Lipinski definition) is 3. The highest BCUT2D eigenvalue weighted by molar-refractivity contribution is 5.91. The standard InChI is InChI=1S/C10H13N5O/c1-14(2)10(16)11-7-4-5-9-8(6-7)12-13-15(9)3/h4-6H,1-3H3,(H,11,16). The third-order valence-corrected chi connectivity index (χ3v) is 2.27. The number of amides is 2. The summed E-state index contributed by atoms with van der Waals surface area (Å²) < 4.78 is 1.69. The summed E-state index contributed by atoms with van der Waals surface area (Å²) in [7, 11) is 5.21. The van der Waals surface area contributed by atoms with Crippen molar-refractivity contribution in [2.45, 2.75) is 0 Å². The van der Waals surface area contributed by atoms with Crippen LogP contribution in [0.1, 0.15) is 0 Å². The van der Waals surface area contributed by atoms with E-state index in [0.29, 0.717) is 5.69 Å². The quantitative estimate of drug-likeness (QED) is 0.780. The average molecular weight is 219 g/mol. The largest absolute Gasteiger partial charge is 0.331 e. The number of nitrogens with zero attached hydrogens (tertiary/aromatic N) is 4. The smallest absolute Gasteiger partial charge is 0.321 e. The minimum atomic E-state index is -0.164. The van der Waals surface area contributed by atoms with Crippen molar-refractivity contribution in [3.05, 3.63) is 18.2 Å². The SMILES string of the molecule is CN(C)C(=O)Nc1ccc2c(c1)nnn2C. The zero-order valence-electron chi connectivity index (χ0n) is 9.43. The van der Waals surface area contributed by atoms with Gasteiger partial charge in [0.25, 0.3) is 0 Å². The maximum atomic E-state index is 11.4. The molecule has 0 spiro atoms. The molecule has 0 unspecified atom stereocenters. The van der Waals surface area contributed by atoms with Gasteiger partial charge in [0.2, 0.25) is 0 Å². The highest BCUT2D eigenvalue weighted by Gasteiger charge is 2.06. The molecule has 2 amide bonds. The summed E-state index contributed by atoms with van der Waals surface area (Å²) in [5, 5.41) is 10.6. The van der Waals surface area contributed by atoms with E-state index in [1.807, 2.05) is 19.2 Å². The Labute approximate surface area is 92.8 Å². The van der Waals surface area contributed by atoms with Gasteiger partial charge in [0.15, 0.2) is 0 Å². The number of anilines is 1. The first-order chi connectivity index (χ1) is 7.58. The summed E-state index contributed by atoms with van der Waals surface area (Å²) in [6.45, 7) is 0. The molecule has 0 saturated carbocycles. The van der Waals surface area contributed by atoms with E-state index in [1.54, 1.807) is 24.8 Å². The van der Waals surface area contributed by atoms with Gasteiger partial charge in [0, 0.05) is 26.8 Å². The number of urea groups is 1. The number of carbonyl (C=O) groups is 1. The lowest BCUT2D eigenvalue weighted by atomic mass is 10.3. The molecular formula is C10H13N5O. The highest BCUT2D eigenvalue weighted by atomic mass is 16.2. The van der Waals surface area contributed by atoms with Crippen molar-refractivity contribution in [2.75, 3.05) is 19.4 Å². The molecule has 84 valence electrons. The van der Waals surface area contributed by atoms with Gasteiger partial charge in [-0.3, -0.25) is 0 Å². The number of aryl methyl sites for hydroxylation is 1. The summed E-state index contributed by atoms with van der Waals surface area (Å²) >= 11 is 0. The first-order valence-electron chi connectivity index (χ1n) is 4.85. The van der Waals surface area contributed by atoms with Gasteiger partial charge < -0.3 is 10.2 Å². The number of fused-ring (bicyclic) bond motifs is 1. The first-order valence-corrected chi connectivity index (χ1v) is 4.85. The third kappa shape index (κ3) is 1.81. The van der Waals surface area contributed by atoms with Gasteiger partial charge in [-0.15, -0.1) is 5.10 Å². The molecule has 0 atom stereocenters. The zero-order valence-corrected chi connectivity index (χ0v) is 9.43. The first kappa shape index (κ1) is 10.4. The molecule has 6 nitrogen and oxygen atoms in total. The van der Waals surface area contributed by atoms with E-state index in [0.717, 1.165) is 11.0 Å². The van der Waals surface area contributed by atoms with Crippen LogP contribution < -0.4 is 5.32 Å². The molecular weight excluding hydrogens is 206 g/mol.